The van der Waals surface area contributed by atoms with Gasteiger partial charge in [0.15, 0.2) is 0 Å². The predicted molar refractivity (Wildman–Crippen MR) is 52.4 cm³/mol. The lowest BCUT2D eigenvalue weighted by atomic mass is 10.2. The molecule has 0 aliphatic carbocycles. The molecule has 0 radical (unpaired) electrons. The SMILES string of the molecule is CC(O)CCCNC(=O)CCS. The first-order chi connectivity index (χ1) is 5.66. The zero-order valence-electron chi connectivity index (χ0n) is 7.42. The van der Waals surface area contributed by atoms with Crippen molar-refractivity contribution in [2.45, 2.75) is 32.3 Å². The van der Waals surface area contributed by atoms with Gasteiger partial charge < -0.3 is 10.4 Å². The normalized spacial score (nSPS) is 12.6. The van der Waals surface area contributed by atoms with Gasteiger partial charge in [0.25, 0.3) is 0 Å². The van der Waals surface area contributed by atoms with Gasteiger partial charge in [-0.25, -0.2) is 0 Å². The molecular weight excluding hydrogens is 174 g/mol. The number of hydrogen-bond acceptors (Lipinski definition) is 3. The van der Waals surface area contributed by atoms with Crippen LogP contribution >= 0.6 is 12.6 Å². The second-order valence-corrected chi connectivity index (χ2v) is 3.26. The minimum Gasteiger partial charge on any atom is -0.393 e. The average Bonchev–Trinajstić information content (AvgIpc) is 1.98. The van der Waals surface area contributed by atoms with Crippen LogP contribution in [0.2, 0.25) is 0 Å². The van der Waals surface area contributed by atoms with Crippen LogP contribution in [0.25, 0.3) is 0 Å². The van der Waals surface area contributed by atoms with Gasteiger partial charge in [-0.05, 0) is 25.5 Å². The number of hydrogen-bond donors (Lipinski definition) is 3. The largest absolute Gasteiger partial charge is 0.393 e. The van der Waals surface area contributed by atoms with Crippen LogP contribution in [0.4, 0.5) is 0 Å². The number of carbonyl (C=O) groups is 1. The van der Waals surface area contributed by atoms with Crippen LogP contribution < -0.4 is 5.32 Å². The van der Waals surface area contributed by atoms with Crippen LogP contribution in [-0.2, 0) is 4.79 Å². The van der Waals surface area contributed by atoms with E-state index >= 15 is 0 Å². The number of amides is 1. The summed E-state index contributed by atoms with van der Waals surface area (Å²) in [7, 11) is 0. The maximum Gasteiger partial charge on any atom is 0.220 e. The Kier molecular flexibility index (Phi) is 7.29. The molecule has 2 N–H and O–H groups in total. The molecule has 0 spiro atoms. The van der Waals surface area contributed by atoms with E-state index in [0.717, 1.165) is 12.8 Å². The minimum atomic E-state index is -0.271. The number of thiol groups is 1. The Bertz CT molecular complexity index is 128. The van der Waals surface area contributed by atoms with E-state index in [9.17, 15) is 4.79 Å². The second-order valence-electron chi connectivity index (χ2n) is 2.81. The Labute approximate surface area is 79.0 Å². The molecule has 0 aromatic heterocycles. The smallest absolute Gasteiger partial charge is 0.220 e. The first-order valence-corrected chi connectivity index (χ1v) is 4.85. The topological polar surface area (TPSA) is 49.3 Å². The summed E-state index contributed by atoms with van der Waals surface area (Å²) in [5, 5.41) is 11.6. The second kappa shape index (κ2) is 7.43. The minimum absolute atomic E-state index is 0.0376. The van der Waals surface area contributed by atoms with Gasteiger partial charge in [-0.3, -0.25) is 4.79 Å². The van der Waals surface area contributed by atoms with Gasteiger partial charge in [-0.1, -0.05) is 0 Å². The molecule has 3 nitrogen and oxygen atoms in total. The van der Waals surface area contributed by atoms with E-state index in [1.54, 1.807) is 6.92 Å². The molecule has 0 saturated heterocycles. The molecule has 0 aromatic carbocycles. The molecule has 72 valence electrons. The van der Waals surface area contributed by atoms with E-state index in [-0.39, 0.29) is 12.0 Å². The van der Waals surface area contributed by atoms with Crippen molar-refractivity contribution in [1.29, 1.82) is 0 Å². The van der Waals surface area contributed by atoms with Gasteiger partial charge in [0, 0.05) is 13.0 Å². The Morgan fingerprint density at radius 1 is 1.67 bits per heavy atom. The molecule has 0 bridgehead atoms. The van der Waals surface area contributed by atoms with E-state index in [1.165, 1.54) is 0 Å². The Balaban J connectivity index is 3.14. The summed E-state index contributed by atoms with van der Waals surface area (Å²) in [6, 6.07) is 0. The molecule has 12 heavy (non-hydrogen) atoms. The molecule has 4 heteroatoms. The third-order valence-corrected chi connectivity index (χ3v) is 1.68. The number of carbonyl (C=O) groups excluding carboxylic acids is 1. The lowest BCUT2D eigenvalue weighted by molar-refractivity contribution is -0.120. The van der Waals surface area contributed by atoms with Crippen molar-refractivity contribution in [2.75, 3.05) is 12.3 Å². The fourth-order valence-electron chi connectivity index (χ4n) is 0.815. The highest BCUT2D eigenvalue weighted by Gasteiger charge is 1.99. The highest BCUT2D eigenvalue weighted by Crippen LogP contribution is 1.93. The summed E-state index contributed by atoms with van der Waals surface area (Å²) in [5.41, 5.74) is 0. The van der Waals surface area contributed by atoms with Crippen molar-refractivity contribution in [1.82, 2.24) is 5.32 Å². The third-order valence-electron chi connectivity index (χ3n) is 1.46. The van der Waals surface area contributed by atoms with Gasteiger partial charge in [0.1, 0.15) is 0 Å². The van der Waals surface area contributed by atoms with Gasteiger partial charge >= 0.3 is 0 Å². The molecular formula is C8H17NO2S. The van der Waals surface area contributed by atoms with E-state index in [2.05, 4.69) is 17.9 Å². The standard InChI is InChI=1S/C8H17NO2S/c1-7(10)3-2-5-9-8(11)4-6-12/h7,10,12H,2-6H2,1H3,(H,9,11). The number of aliphatic hydroxyl groups excluding tert-OH is 1. The van der Waals surface area contributed by atoms with Crippen molar-refractivity contribution in [2.24, 2.45) is 0 Å². The molecule has 0 aliphatic heterocycles. The van der Waals surface area contributed by atoms with Crippen molar-refractivity contribution < 1.29 is 9.90 Å². The molecule has 0 rings (SSSR count). The number of aliphatic hydroxyl groups is 1. The monoisotopic (exact) mass is 191 g/mol. The van der Waals surface area contributed by atoms with Crippen LogP contribution in [-0.4, -0.2) is 29.4 Å². The summed E-state index contributed by atoms with van der Waals surface area (Å²) in [6.45, 7) is 2.40. The van der Waals surface area contributed by atoms with Gasteiger partial charge in [0.05, 0.1) is 6.10 Å². The average molecular weight is 191 g/mol. The van der Waals surface area contributed by atoms with E-state index in [0.29, 0.717) is 18.7 Å². The first kappa shape index (κ1) is 11.8. The Morgan fingerprint density at radius 3 is 2.83 bits per heavy atom. The quantitative estimate of drug-likeness (QED) is 0.425. The highest BCUT2D eigenvalue weighted by atomic mass is 32.1. The lowest BCUT2D eigenvalue weighted by Crippen LogP contribution is -2.25. The predicted octanol–water partition coefficient (Wildman–Crippen LogP) is 0.583. The fraction of sp³-hybridized carbons (Fsp3) is 0.875. The number of nitrogens with one attached hydrogen (secondary N) is 1. The van der Waals surface area contributed by atoms with Gasteiger partial charge in [0.2, 0.25) is 5.91 Å². The van der Waals surface area contributed by atoms with E-state index in [1.807, 2.05) is 0 Å². The summed E-state index contributed by atoms with van der Waals surface area (Å²) in [5.74, 6) is 0.623. The van der Waals surface area contributed by atoms with Crippen LogP contribution in [0, 0.1) is 0 Å². The van der Waals surface area contributed by atoms with Crippen LogP contribution in [0.3, 0.4) is 0 Å². The van der Waals surface area contributed by atoms with Crippen molar-refractivity contribution in [3.63, 3.8) is 0 Å². The molecule has 0 heterocycles. The Morgan fingerprint density at radius 2 is 2.33 bits per heavy atom. The summed E-state index contributed by atoms with van der Waals surface area (Å²) in [6.07, 6.45) is 1.77. The highest BCUT2D eigenvalue weighted by molar-refractivity contribution is 7.80. The molecule has 1 unspecified atom stereocenters. The summed E-state index contributed by atoms with van der Waals surface area (Å²) >= 11 is 3.94. The fourth-order valence-corrected chi connectivity index (χ4v) is 1.02. The van der Waals surface area contributed by atoms with Crippen LogP contribution in [0.1, 0.15) is 26.2 Å². The molecule has 0 fully saturated rings. The Hall–Kier alpha value is -0.220. The summed E-state index contributed by atoms with van der Waals surface area (Å²) in [4.78, 5) is 10.9. The zero-order valence-corrected chi connectivity index (χ0v) is 8.31. The summed E-state index contributed by atoms with van der Waals surface area (Å²) < 4.78 is 0. The maximum atomic E-state index is 10.9. The molecule has 0 aromatic rings. The van der Waals surface area contributed by atoms with E-state index in [4.69, 9.17) is 5.11 Å². The van der Waals surface area contributed by atoms with E-state index < -0.39 is 0 Å². The lowest BCUT2D eigenvalue weighted by Gasteiger charge is -2.05. The molecule has 1 amide bonds. The van der Waals surface area contributed by atoms with Crippen molar-refractivity contribution in [3.05, 3.63) is 0 Å². The molecule has 1 atom stereocenters. The molecule has 0 saturated carbocycles. The van der Waals surface area contributed by atoms with Gasteiger partial charge in [-0.2, -0.15) is 12.6 Å². The van der Waals surface area contributed by atoms with Crippen molar-refractivity contribution in [3.8, 4) is 0 Å². The zero-order chi connectivity index (χ0) is 9.40. The van der Waals surface area contributed by atoms with Crippen molar-refractivity contribution >= 4 is 18.5 Å². The first-order valence-electron chi connectivity index (χ1n) is 4.22. The molecule has 0 aliphatic rings. The maximum absolute atomic E-state index is 10.9. The van der Waals surface area contributed by atoms with Crippen LogP contribution in [0.15, 0.2) is 0 Å². The number of rotatable bonds is 6. The van der Waals surface area contributed by atoms with Crippen LogP contribution in [0.5, 0.6) is 0 Å². The van der Waals surface area contributed by atoms with Gasteiger partial charge in [-0.15, -0.1) is 0 Å². The third kappa shape index (κ3) is 7.88.